The van der Waals surface area contributed by atoms with E-state index in [2.05, 4.69) is 22.1 Å². The number of fused-ring (bicyclic) bond motifs is 2. The van der Waals surface area contributed by atoms with Crippen LogP contribution in [0, 0.1) is 17.7 Å². The van der Waals surface area contributed by atoms with Gasteiger partial charge in [-0.05, 0) is 43.3 Å². The Morgan fingerprint density at radius 2 is 2.04 bits per heavy atom. The summed E-state index contributed by atoms with van der Waals surface area (Å²) < 4.78 is 14.1. The summed E-state index contributed by atoms with van der Waals surface area (Å²) in [7, 11) is 1.60. The number of hydrogen-bond donors (Lipinski definition) is 2. The minimum absolute atomic E-state index is 0.160. The Hall–Kier alpha value is -3.65. The normalized spacial score (nSPS) is 10.6. The fourth-order valence-electron chi connectivity index (χ4n) is 3.28. The van der Waals surface area contributed by atoms with Crippen LogP contribution < -0.4 is 5.32 Å². The maximum atomic E-state index is 14.1. The number of benzene rings is 2. The van der Waals surface area contributed by atoms with E-state index in [0.717, 1.165) is 21.9 Å². The van der Waals surface area contributed by atoms with Crippen LogP contribution in [0.5, 0.6) is 0 Å². The van der Waals surface area contributed by atoms with E-state index in [4.69, 9.17) is 4.98 Å². The van der Waals surface area contributed by atoms with Gasteiger partial charge in [0.1, 0.15) is 5.82 Å². The molecule has 0 fully saturated rings. The van der Waals surface area contributed by atoms with Crippen LogP contribution in [0.4, 0.5) is 4.39 Å². The molecule has 0 atom stereocenters. The average Bonchev–Trinajstić information content (AvgIpc) is 3.10. The van der Waals surface area contributed by atoms with Crippen LogP contribution >= 0.6 is 0 Å². The van der Waals surface area contributed by atoms with Gasteiger partial charge in [-0.2, -0.15) is 0 Å². The van der Waals surface area contributed by atoms with Gasteiger partial charge < -0.3 is 10.3 Å². The van der Waals surface area contributed by atoms with E-state index in [1.165, 1.54) is 12.1 Å². The molecule has 0 radical (unpaired) electrons. The predicted octanol–water partition coefficient (Wildman–Crippen LogP) is 4.25. The molecule has 0 bridgehead atoms. The monoisotopic (exact) mass is 357 g/mol. The van der Waals surface area contributed by atoms with Crippen molar-refractivity contribution >= 4 is 27.7 Å². The van der Waals surface area contributed by atoms with Crippen LogP contribution in [0.3, 0.4) is 0 Å². The third kappa shape index (κ3) is 2.81. The molecule has 4 nitrogen and oxygen atoms in total. The second kappa shape index (κ2) is 6.58. The maximum Gasteiger partial charge on any atom is 0.251 e. The Morgan fingerprint density at radius 1 is 1.19 bits per heavy atom. The number of nitrogens with zero attached hydrogens (tertiary/aromatic N) is 1. The molecule has 0 aliphatic carbocycles. The number of aromatic amines is 1. The zero-order valence-electron chi connectivity index (χ0n) is 14.9. The number of halogens is 1. The highest BCUT2D eigenvalue weighted by Gasteiger charge is 2.14. The van der Waals surface area contributed by atoms with Crippen LogP contribution in [0.1, 0.15) is 22.8 Å². The second-order valence-corrected chi connectivity index (χ2v) is 6.10. The lowest BCUT2D eigenvalue weighted by Gasteiger charge is -2.07. The first-order valence-corrected chi connectivity index (χ1v) is 8.48. The van der Waals surface area contributed by atoms with Gasteiger partial charge >= 0.3 is 0 Å². The summed E-state index contributed by atoms with van der Waals surface area (Å²) >= 11 is 0. The third-order valence-corrected chi connectivity index (χ3v) is 4.49. The molecule has 1 amide bonds. The number of H-pyrrole nitrogens is 1. The van der Waals surface area contributed by atoms with Gasteiger partial charge in [0.2, 0.25) is 0 Å². The van der Waals surface area contributed by atoms with E-state index >= 15 is 0 Å². The van der Waals surface area contributed by atoms with Gasteiger partial charge in [0.05, 0.1) is 22.3 Å². The smallest absolute Gasteiger partial charge is 0.251 e. The molecular weight excluding hydrogens is 341 g/mol. The van der Waals surface area contributed by atoms with Crippen LogP contribution in [0.15, 0.2) is 48.7 Å². The van der Waals surface area contributed by atoms with Gasteiger partial charge in [-0.3, -0.25) is 4.79 Å². The quantitative estimate of drug-likeness (QED) is 0.527. The van der Waals surface area contributed by atoms with Crippen molar-refractivity contribution < 1.29 is 9.18 Å². The number of rotatable bonds is 2. The van der Waals surface area contributed by atoms with Crippen LogP contribution in [0.25, 0.3) is 33.1 Å². The number of carbonyl (C=O) groups excluding carboxylic acids is 1. The number of amides is 1. The SMILES string of the molecule is CC#Cc1cc(F)cc2c(-c3ccc4c(C(=O)NC)cccc4n3)c[nH]c12. The Bertz CT molecular complexity index is 1260. The van der Waals surface area contributed by atoms with Crippen molar-refractivity contribution in [1.82, 2.24) is 15.3 Å². The summed E-state index contributed by atoms with van der Waals surface area (Å²) in [6.45, 7) is 1.72. The maximum absolute atomic E-state index is 14.1. The highest BCUT2D eigenvalue weighted by molar-refractivity contribution is 6.07. The van der Waals surface area contributed by atoms with E-state index in [1.807, 2.05) is 24.4 Å². The molecule has 0 aliphatic heterocycles. The molecule has 0 unspecified atom stereocenters. The summed E-state index contributed by atoms with van der Waals surface area (Å²) in [5, 5.41) is 4.13. The highest BCUT2D eigenvalue weighted by Crippen LogP contribution is 2.31. The lowest BCUT2D eigenvalue weighted by molar-refractivity contribution is 0.0964. The van der Waals surface area contributed by atoms with Gasteiger partial charge in [-0.15, -0.1) is 5.92 Å². The number of hydrogen-bond acceptors (Lipinski definition) is 2. The van der Waals surface area contributed by atoms with Crippen molar-refractivity contribution in [3.63, 3.8) is 0 Å². The molecule has 5 heteroatoms. The molecule has 0 saturated heterocycles. The van der Waals surface area contributed by atoms with Gasteiger partial charge in [-0.25, -0.2) is 9.37 Å². The summed E-state index contributed by atoms with van der Waals surface area (Å²) in [6.07, 6.45) is 1.81. The van der Waals surface area contributed by atoms with E-state index in [9.17, 15) is 9.18 Å². The fourth-order valence-corrected chi connectivity index (χ4v) is 3.28. The fraction of sp³-hybridized carbons (Fsp3) is 0.0909. The third-order valence-electron chi connectivity index (χ3n) is 4.49. The number of pyridine rings is 1. The summed E-state index contributed by atoms with van der Waals surface area (Å²) in [5.74, 6) is 5.23. The molecule has 4 aromatic rings. The van der Waals surface area contributed by atoms with Crippen molar-refractivity contribution in [2.45, 2.75) is 6.92 Å². The lowest BCUT2D eigenvalue weighted by Crippen LogP contribution is -2.18. The first kappa shape index (κ1) is 16.8. The van der Waals surface area contributed by atoms with Crippen molar-refractivity contribution in [3.05, 3.63) is 65.6 Å². The van der Waals surface area contributed by atoms with E-state index in [-0.39, 0.29) is 11.7 Å². The molecule has 0 saturated carbocycles. The van der Waals surface area contributed by atoms with E-state index in [0.29, 0.717) is 22.3 Å². The summed E-state index contributed by atoms with van der Waals surface area (Å²) in [5.41, 5.74) is 4.15. The summed E-state index contributed by atoms with van der Waals surface area (Å²) in [6, 6.07) is 12.0. The highest BCUT2D eigenvalue weighted by atomic mass is 19.1. The minimum atomic E-state index is -0.344. The number of nitrogens with one attached hydrogen (secondary N) is 2. The average molecular weight is 357 g/mol. The Morgan fingerprint density at radius 3 is 2.81 bits per heavy atom. The Labute approximate surface area is 155 Å². The topological polar surface area (TPSA) is 57.8 Å². The van der Waals surface area contributed by atoms with Crippen molar-refractivity contribution in [3.8, 4) is 23.1 Å². The lowest BCUT2D eigenvalue weighted by atomic mass is 10.0. The number of aromatic nitrogens is 2. The van der Waals surface area contributed by atoms with Crippen molar-refractivity contribution in [2.75, 3.05) is 7.05 Å². The van der Waals surface area contributed by atoms with Crippen LogP contribution in [0.2, 0.25) is 0 Å². The zero-order valence-corrected chi connectivity index (χ0v) is 14.9. The molecule has 4 rings (SSSR count). The van der Waals surface area contributed by atoms with Gasteiger partial charge in [-0.1, -0.05) is 12.0 Å². The molecule has 0 spiro atoms. The first-order valence-electron chi connectivity index (χ1n) is 8.48. The van der Waals surface area contributed by atoms with Crippen LogP contribution in [-0.4, -0.2) is 22.9 Å². The molecule has 132 valence electrons. The second-order valence-electron chi connectivity index (χ2n) is 6.10. The molecule has 2 aromatic heterocycles. The molecular formula is C22H16FN3O. The summed E-state index contributed by atoms with van der Waals surface area (Å²) in [4.78, 5) is 19.9. The molecule has 0 aliphatic rings. The van der Waals surface area contributed by atoms with Crippen molar-refractivity contribution in [2.24, 2.45) is 0 Å². The molecule has 2 heterocycles. The number of carbonyl (C=O) groups is 1. The van der Waals surface area contributed by atoms with Gasteiger partial charge in [0, 0.05) is 35.1 Å². The Kier molecular flexibility index (Phi) is 4.09. The Balaban J connectivity index is 1.92. The first-order chi connectivity index (χ1) is 13.1. The molecule has 27 heavy (non-hydrogen) atoms. The largest absolute Gasteiger partial charge is 0.359 e. The van der Waals surface area contributed by atoms with Gasteiger partial charge in [0.15, 0.2) is 0 Å². The minimum Gasteiger partial charge on any atom is -0.359 e. The molecule has 2 N–H and O–H groups in total. The zero-order chi connectivity index (χ0) is 19.0. The predicted molar refractivity (Wildman–Crippen MR) is 105 cm³/mol. The van der Waals surface area contributed by atoms with Crippen molar-refractivity contribution in [1.29, 1.82) is 0 Å². The molecule has 2 aromatic carbocycles. The standard InChI is InChI=1S/C22H16FN3O/c1-3-5-13-10-14(23)11-17-18(12-25-21(13)17)20-9-8-15-16(22(27)24-2)6-4-7-19(15)26-20/h4,6-12,25H,1-2H3,(H,24,27). The van der Waals surface area contributed by atoms with E-state index < -0.39 is 0 Å². The van der Waals surface area contributed by atoms with E-state index in [1.54, 1.807) is 26.1 Å². The van der Waals surface area contributed by atoms with Crippen LogP contribution in [-0.2, 0) is 0 Å². The van der Waals surface area contributed by atoms with Gasteiger partial charge in [0.25, 0.3) is 5.91 Å².